The summed E-state index contributed by atoms with van der Waals surface area (Å²) in [6, 6.07) is 0. The van der Waals surface area contributed by atoms with Gasteiger partial charge in [-0.3, -0.25) is 4.79 Å². The lowest BCUT2D eigenvalue weighted by Crippen LogP contribution is -2.41. The molecule has 0 heterocycles. The summed E-state index contributed by atoms with van der Waals surface area (Å²) >= 11 is 0. The molecule has 0 aromatic carbocycles. The molecule has 1 atom stereocenters. The number of carbonyl (C=O) groups is 1. The molecule has 0 radical (unpaired) electrons. The van der Waals surface area contributed by atoms with E-state index in [2.05, 4.69) is 18.9 Å². The van der Waals surface area contributed by atoms with E-state index in [0.29, 0.717) is 6.54 Å². The van der Waals surface area contributed by atoms with Gasteiger partial charge in [-0.2, -0.15) is 0 Å². The molecule has 1 N–H and O–H groups in total. The van der Waals surface area contributed by atoms with Gasteiger partial charge in [0.1, 0.15) is 0 Å². The maximum atomic E-state index is 11.4. The third-order valence-corrected chi connectivity index (χ3v) is 4.23. The first-order valence-electron chi connectivity index (χ1n) is 7.40. The van der Waals surface area contributed by atoms with E-state index < -0.39 is 11.4 Å². The van der Waals surface area contributed by atoms with Crippen molar-refractivity contribution in [2.45, 2.75) is 58.8 Å². The van der Waals surface area contributed by atoms with Crippen LogP contribution in [0, 0.1) is 11.3 Å². The molecule has 0 amide bonds. The lowest BCUT2D eigenvalue weighted by Gasteiger charge is -2.33. The number of carboxylic acids is 1. The minimum absolute atomic E-state index is 0.585. The lowest BCUT2D eigenvalue weighted by molar-refractivity contribution is -0.149. The Morgan fingerprint density at radius 3 is 2.44 bits per heavy atom. The molecule has 0 spiro atoms. The quantitative estimate of drug-likeness (QED) is 0.758. The fraction of sp³-hybridized carbons (Fsp3) is 0.933. The van der Waals surface area contributed by atoms with Crippen LogP contribution in [0.1, 0.15) is 58.8 Å². The second kappa shape index (κ2) is 7.13. The summed E-state index contributed by atoms with van der Waals surface area (Å²) in [7, 11) is 2.07. The van der Waals surface area contributed by atoms with Crippen molar-refractivity contribution in [3.63, 3.8) is 0 Å². The monoisotopic (exact) mass is 255 g/mol. The molecule has 1 aliphatic rings. The molecule has 1 fully saturated rings. The molecule has 1 unspecified atom stereocenters. The minimum atomic E-state index is -0.653. The predicted molar refractivity (Wildman–Crippen MR) is 74.7 cm³/mol. The van der Waals surface area contributed by atoms with Crippen molar-refractivity contribution in [2.75, 3.05) is 20.1 Å². The Kier molecular flexibility index (Phi) is 6.13. The molecule has 0 bridgehead atoms. The number of nitrogens with zero attached hydrogens (tertiary/aromatic N) is 1. The maximum Gasteiger partial charge on any atom is 0.310 e. The summed E-state index contributed by atoms with van der Waals surface area (Å²) < 4.78 is 0. The van der Waals surface area contributed by atoms with Crippen molar-refractivity contribution in [1.82, 2.24) is 4.90 Å². The topological polar surface area (TPSA) is 40.5 Å². The second-order valence-electron chi connectivity index (χ2n) is 6.32. The average Bonchev–Trinajstić information content (AvgIpc) is 2.30. The van der Waals surface area contributed by atoms with Gasteiger partial charge in [0.2, 0.25) is 0 Å². The molecule has 0 aromatic heterocycles. The third-order valence-electron chi connectivity index (χ3n) is 4.23. The Labute approximate surface area is 112 Å². The molecule has 106 valence electrons. The fourth-order valence-corrected chi connectivity index (χ4v) is 3.28. The first-order chi connectivity index (χ1) is 8.48. The average molecular weight is 255 g/mol. The van der Waals surface area contributed by atoms with E-state index in [4.69, 9.17) is 0 Å². The Morgan fingerprint density at radius 2 is 1.94 bits per heavy atom. The van der Waals surface area contributed by atoms with Crippen molar-refractivity contribution >= 4 is 5.97 Å². The summed E-state index contributed by atoms with van der Waals surface area (Å²) in [6.07, 6.45) is 8.41. The van der Waals surface area contributed by atoms with Gasteiger partial charge >= 0.3 is 5.97 Å². The number of aliphatic carboxylic acids is 1. The molecule has 18 heavy (non-hydrogen) atoms. The smallest absolute Gasteiger partial charge is 0.310 e. The van der Waals surface area contributed by atoms with Gasteiger partial charge in [0.25, 0.3) is 0 Å². The van der Waals surface area contributed by atoms with Crippen LogP contribution in [0.5, 0.6) is 0 Å². The van der Waals surface area contributed by atoms with E-state index in [1.54, 1.807) is 0 Å². The Bertz CT molecular complexity index is 261. The summed E-state index contributed by atoms with van der Waals surface area (Å²) in [4.78, 5) is 13.6. The van der Waals surface area contributed by atoms with Gasteiger partial charge in [-0.15, -0.1) is 0 Å². The first-order valence-corrected chi connectivity index (χ1v) is 7.40. The largest absolute Gasteiger partial charge is 0.481 e. The van der Waals surface area contributed by atoms with E-state index in [-0.39, 0.29) is 0 Å². The Hall–Kier alpha value is -0.570. The summed E-state index contributed by atoms with van der Waals surface area (Å²) in [5.74, 6) is 0.128. The molecule has 0 aromatic rings. The summed E-state index contributed by atoms with van der Waals surface area (Å²) in [5.41, 5.74) is -0.585. The van der Waals surface area contributed by atoms with Crippen LogP contribution < -0.4 is 0 Å². The van der Waals surface area contributed by atoms with E-state index in [9.17, 15) is 9.90 Å². The van der Waals surface area contributed by atoms with Crippen LogP contribution >= 0.6 is 0 Å². The molecular formula is C15H29NO2. The van der Waals surface area contributed by atoms with Gasteiger partial charge in [0.05, 0.1) is 5.41 Å². The van der Waals surface area contributed by atoms with Crippen LogP contribution in [0.2, 0.25) is 0 Å². The third kappa shape index (κ3) is 4.60. The lowest BCUT2D eigenvalue weighted by atomic mass is 9.84. The molecule has 3 nitrogen and oxygen atoms in total. The van der Waals surface area contributed by atoms with Crippen LogP contribution in [-0.2, 0) is 4.79 Å². The van der Waals surface area contributed by atoms with Gasteiger partial charge in [-0.05, 0) is 39.2 Å². The minimum Gasteiger partial charge on any atom is -0.481 e. The predicted octanol–water partition coefficient (Wildman–Crippen LogP) is 3.39. The zero-order chi connectivity index (χ0) is 13.6. The second-order valence-corrected chi connectivity index (χ2v) is 6.32. The number of carboxylic acid groups (broad SMARTS) is 1. The molecule has 3 heteroatoms. The van der Waals surface area contributed by atoms with E-state index in [1.165, 1.54) is 32.1 Å². The maximum absolute atomic E-state index is 11.4. The van der Waals surface area contributed by atoms with Crippen LogP contribution in [0.3, 0.4) is 0 Å². The zero-order valence-electron chi connectivity index (χ0n) is 12.2. The highest BCUT2D eigenvalue weighted by Gasteiger charge is 2.33. The number of hydrogen-bond acceptors (Lipinski definition) is 2. The van der Waals surface area contributed by atoms with E-state index in [0.717, 1.165) is 25.3 Å². The highest BCUT2D eigenvalue weighted by molar-refractivity contribution is 5.74. The highest BCUT2D eigenvalue weighted by atomic mass is 16.4. The SMILES string of the molecule is CCCC(C)(CN(C)CC1CCCCC1)C(=O)O. The van der Waals surface area contributed by atoms with Crippen molar-refractivity contribution in [3.05, 3.63) is 0 Å². The summed E-state index contributed by atoms with van der Waals surface area (Å²) in [5, 5.41) is 9.39. The van der Waals surface area contributed by atoms with Crippen molar-refractivity contribution in [1.29, 1.82) is 0 Å². The van der Waals surface area contributed by atoms with Gasteiger partial charge in [-0.25, -0.2) is 0 Å². The van der Waals surface area contributed by atoms with Crippen LogP contribution in [0.25, 0.3) is 0 Å². The van der Waals surface area contributed by atoms with Gasteiger partial charge in [-0.1, -0.05) is 32.6 Å². The normalized spacial score (nSPS) is 20.9. The summed E-state index contributed by atoms with van der Waals surface area (Å²) in [6.45, 7) is 5.68. The first kappa shape index (κ1) is 15.5. The van der Waals surface area contributed by atoms with Crippen molar-refractivity contribution in [3.8, 4) is 0 Å². The van der Waals surface area contributed by atoms with E-state index in [1.807, 2.05) is 6.92 Å². The van der Waals surface area contributed by atoms with Gasteiger partial charge in [0, 0.05) is 13.1 Å². The molecule has 1 rings (SSSR count). The molecule has 1 saturated carbocycles. The molecule has 0 aliphatic heterocycles. The van der Waals surface area contributed by atoms with Crippen LogP contribution in [0.4, 0.5) is 0 Å². The zero-order valence-corrected chi connectivity index (χ0v) is 12.2. The van der Waals surface area contributed by atoms with E-state index >= 15 is 0 Å². The standard InChI is InChI=1S/C15H29NO2/c1-4-10-15(2,14(17)18)12-16(3)11-13-8-6-5-7-9-13/h13H,4-12H2,1-3H3,(H,17,18). The van der Waals surface area contributed by atoms with Gasteiger partial charge in [0.15, 0.2) is 0 Å². The number of rotatable bonds is 7. The van der Waals surface area contributed by atoms with Crippen LogP contribution in [0.15, 0.2) is 0 Å². The highest BCUT2D eigenvalue weighted by Crippen LogP contribution is 2.28. The molecule has 0 saturated heterocycles. The van der Waals surface area contributed by atoms with Crippen LogP contribution in [-0.4, -0.2) is 36.1 Å². The molecule has 1 aliphatic carbocycles. The number of hydrogen-bond donors (Lipinski definition) is 1. The Morgan fingerprint density at radius 1 is 1.33 bits per heavy atom. The Balaban J connectivity index is 2.45. The van der Waals surface area contributed by atoms with Crippen molar-refractivity contribution in [2.24, 2.45) is 11.3 Å². The van der Waals surface area contributed by atoms with Gasteiger partial charge < -0.3 is 10.0 Å². The fourth-order valence-electron chi connectivity index (χ4n) is 3.28. The van der Waals surface area contributed by atoms with Crippen molar-refractivity contribution < 1.29 is 9.90 Å². The molecular weight excluding hydrogens is 226 g/mol.